The van der Waals surface area contributed by atoms with Crippen molar-refractivity contribution >= 4 is 23.5 Å². The Hall–Kier alpha value is -4.44. The molecule has 0 aromatic heterocycles. The maximum Gasteiger partial charge on any atom is 0.325 e. The topological polar surface area (TPSA) is 108 Å². The quantitative estimate of drug-likeness (QED) is 0.579. The van der Waals surface area contributed by atoms with Crippen molar-refractivity contribution in [2.75, 3.05) is 18.5 Å². The monoisotopic (exact) mass is 413 g/mol. The molecule has 0 fully saturated rings. The number of nitrogens with zero attached hydrogens (tertiary/aromatic N) is 1. The number of carbonyl (C=O) groups excluding carboxylic acids is 3. The summed E-state index contributed by atoms with van der Waals surface area (Å²) in [5.74, 6) is -1.76. The van der Waals surface area contributed by atoms with E-state index in [1.165, 1.54) is 0 Å². The molecule has 0 aliphatic carbocycles. The van der Waals surface area contributed by atoms with Gasteiger partial charge in [0.1, 0.15) is 12.6 Å². The Balaban J connectivity index is 1.44. The predicted molar refractivity (Wildman–Crippen MR) is 115 cm³/mol. The smallest absolute Gasteiger partial charge is 0.325 e. The molecule has 0 saturated carbocycles. The molecule has 3 aromatic rings. The average Bonchev–Trinajstić information content (AvgIpc) is 2.82. The number of amides is 2. The summed E-state index contributed by atoms with van der Waals surface area (Å²) in [6.45, 7) is -0.901. The van der Waals surface area contributed by atoms with Gasteiger partial charge in [-0.25, -0.2) is 0 Å². The van der Waals surface area contributed by atoms with Crippen LogP contribution in [-0.4, -0.2) is 30.9 Å². The van der Waals surface area contributed by atoms with E-state index in [2.05, 4.69) is 10.6 Å². The number of nitrogens with one attached hydrogen (secondary N) is 2. The number of anilines is 1. The van der Waals surface area contributed by atoms with Gasteiger partial charge in [-0.1, -0.05) is 54.6 Å². The van der Waals surface area contributed by atoms with Gasteiger partial charge in [-0.15, -0.1) is 0 Å². The first-order valence-corrected chi connectivity index (χ1v) is 9.45. The fourth-order valence-corrected chi connectivity index (χ4v) is 2.77. The van der Waals surface area contributed by atoms with Crippen LogP contribution in [0.15, 0.2) is 78.9 Å². The molecular formula is C24H19N3O4. The lowest BCUT2D eigenvalue weighted by molar-refractivity contribution is -0.146. The second-order valence-corrected chi connectivity index (χ2v) is 6.49. The lowest BCUT2D eigenvalue weighted by Crippen LogP contribution is -2.32. The van der Waals surface area contributed by atoms with E-state index < -0.39 is 24.4 Å². The molecule has 3 aromatic carbocycles. The van der Waals surface area contributed by atoms with Crippen LogP contribution >= 0.6 is 0 Å². The number of hydrogen-bond donors (Lipinski definition) is 2. The SMILES string of the molecule is N#Cc1ccccc1NC(=O)COC(=O)CNC(=O)c1ccc(-c2ccccc2)cc1. The summed E-state index contributed by atoms with van der Waals surface area (Å²) in [6.07, 6.45) is 0. The molecule has 0 saturated heterocycles. The van der Waals surface area contributed by atoms with Crippen LogP contribution in [0.1, 0.15) is 15.9 Å². The first-order chi connectivity index (χ1) is 15.1. The summed E-state index contributed by atoms with van der Waals surface area (Å²) in [5, 5.41) is 14.0. The number of benzene rings is 3. The van der Waals surface area contributed by atoms with Crippen molar-refractivity contribution in [1.82, 2.24) is 5.32 Å². The van der Waals surface area contributed by atoms with E-state index in [9.17, 15) is 14.4 Å². The first-order valence-electron chi connectivity index (χ1n) is 9.45. The number of para-hydroxylation sites is 1. The van der Waals surface area contributed by atoms with Crippen LogP contribution in [0, 0.1) is 11.3 Å². The van der Waals surface area contributed by atoms with Gasteiger partial charge in [-0.2, -0.15) is 5.26 Å². The molecular weight excluding hydrogens is 394 g/mol. The van der Waals surface area contributed by atoms with E-state index in [1.54, 1.807) is 36.4 Å². The van der Waals surface area contributed by atoms with E-state index >= 15 is 0 Å². The highest BCUT2D eigenvalue weighted by Crippen LogP contribution is 2.19. The van der Waals surface area contributed by atoms with Crippen LogP contribution in [0.25, 0.3) is 11.1 Å². The molecule has 0 bridgehead atoms. The molecule has 7 heteroatoms. The molecule has 0 aliphatic rings. The summed E-state index contributed by atoms with van der Waals surface area (Å²) in [7, 11) is 0. The van der Waals surface area contributed by atoms with E-state index in [1.807, 2.05) is 48.5 Å². The fraction of sp³-hybridized carbons (Fsp3) is 0.0833. The average molecular weight is 413 g/mol. The van der Waals surface area contributed by atoms with Crippen molar-refractivity contribution in [2.24, 2.45) is 0 Å². The zero-order chi connectivity index (χ0) is 22.1. The van der Waals surface area contributed by atoms with Crippen LogP contribution < -0.4 is 10.6 Å². The van der Waals surface area contributed by atoms with E-state index in [0.29, 0.717) is 16.8 Å². The predicted octanol–water partition coefficient (Wildman–Crippen LogP) is 3.14. The number of hydrogen-bond acceptors (Lipinski definition) is 5. The van der Waals surface area contributed by atoms with Crippen molar-refractivity contribution in [3.05, 3.63) is 90.0 Å². The molecule has 0 atom stereocenters. The Morgan fingerprint density at radius 2 is 1.48 bits per heavy atom. The van der Waals surface area contributed by atoms with Gasteiger partial charge in [0.25, 0.3) is 11.8 Å². The summed E-state index contributed by atoms with van der Waals surface area (Å²) in [5.41, 5.74) is 3.04. The Kier molecular flexibility index (Phi) is 7.12. The highest BCUT2D eigenvalue weighted by molar-refractivity contribution is 5.97. The van der Waals surface area contributed by atoms with Crippen LogP contribution in [0.2, 0.25) is 0 Å². The summed E-state index contributed by atoms with van der Waals surface area (Å²) < 4.78 is 4.86. The molecule has 0 spiro atoms. The maximum absolute atomic E-state index is 12.2. The highest BCUT2D eigenvalue weighted by atomic mass is 16.5. The van der Waals surface area contributed by atoms with Crippen LogP contribution in [0.3, 0.4) is 0 Å². The molecule has 31 heavy (non-hydrogen) atoms. The van der Waals surface area contributed by atoms with Gasteiger partial charge in [-0.05, 0) is 35.4 Å². The molecule has 2 N–H and O–H groups in total. The zero-order valence-corrected chi connectivity index (χ0v) is 16.5. The van der Waals surface area contributed by atoms with Crippen molar-refractivity contribution in [3.8, 4) is 17.2 Å². The molecule has 0 radical (unpaired) electrons. The second-order valence-electron chi connectivity index (χ2n) is 6.49. The normalized spacial score (nSPS) is 9.90. The van der Waals surface area contributed by atoms with Crippen molar-refractivity contribution in [3.63, 3.8) is 0 Å². The van der Waals surface area contributed by atoms with Gasteiger partial charge in [-0.3, -0.25) is 14.4 Å². The van der Waals surface area contributed by atoms with Gasteiger partial charge in [0.2, 0.25) is 0 Å². The lowest BCUT2D eigenvalue weighted by atomic mass is 10.0. The van der Waals surface area contributed by atoms with Gasteiger partial charge in [0.15, 0.2) is 6.61 Å². The van der Waals surface area contributed by atoms with Crippen LogP contribution in [0.4, 0.5) is 5.69 Å². The summed E-state index contributed by atoms with van der Waals surface area (Å²) >= 11 is 0. The largest absolute Gasteiger partial charge is 0.454 e. The highest BCUT2D eigenvalue weighted by Gasteiger charge is 2.12. The number of ether oxygens (including phenoxy) is 1. The lowest BCUT2D eigenvalue weighted by Gasteiger charge is -2.09. The number of esters is 1. The number of rotatable bonds is 7. The Labute approximate surface area is 179 Å². The molecule has 2 amide bonds. The Bertz CT molecular complexity index is 1120. The van der Waals surface area contributed by atoms with Gasteiger partial charge in [0, 0.05) is 5.56 Å². The fourth-order valence-electron chi connectivity index (χ4n) is 2.77. The first kappa shape index (κ1) is 21.3. The standard InChI is InChI=1S/C24H19N3O4/c25-14-20-8-4-5-9-21(20)27-22(28)16-31-23(29)15-26-24(30)19-12-10-18(11-13-19)17-6-2-1-3-7-17/h1-13H,15-16H2,(H,26,30)(H,27,28). The zero-order valence-electron chi connectivity index (χ0n) is 16.5. The molecule has 0 aliphatic heterocycles. The molecule has 154 valence electrons. The van der Waals surface area contributed by atoms with Crippen LogP contribution in [-0.2, 0) is 14.3 Å². The maximum atomic E-state index is 12.2. The van der Waals surface area contributed by atoms with E-state index in [4.69, 9.17) is 10.00 Å². The summed E-state index contributed by atoms with van der Waals surface area (Å²) in [4.78, 5) is 36.0. The number of nitriles is 1. The summed E-state index contributed by atoms with van der Waals surface area (Å²) in [6, 6.07) is 25.2. The van der Waals surface area contributed by atoms with E-state index in [0.717, 1.165) is 11.1 Å². The van der Waals surface area contributed by atoms with Crippen molar-refractivity contribution < 1.29 is 19.1 Å². The Morgan fingerprint density at radius 3 is 2.19 bits per heavy atom. The minimum absolute atomic E-state index is 0.299. The van der Waals surface area contributed by atoms with Gasteiger partial charge in [0.05, 0.1) is 11.3 Å². The minimum Gasteiger partial charge on any atom is -0.454 e. The van der Waals surface area contributed by atoms with E-state index in [-0.39, 0.29) is 6.54 Å². The third-order valence-corrected chi connectivity index (χ3v) is 4.33. The molecule has 3 rings (SSSR count). The van der Waals surface area contributed by atoms with Gasteiger partial charge >= 0.3 is 5.97 Å². The third-order valence-electron chi connectivity index (χ3n) is 4.33. The molecule has 0 unspecified atom stereocenters. The minimum atomic E-state index is -0.752. The van der Waals surface area contributed by atoms with Crippen molar-refractivity contribution in [2.45, 2.75) is 0 Å². The molecule has 7 nitrogen and oxygen atoms in total. The second kappa shape index (κ2) is 10.4. The van der Waals surface area contributed by atoms with Crippen LogP contribution in [0.5, 0.6) is 0 Å². The Morgan fingerprint density at radius 1 is 0.839 bits per heavy atom. The van der Waals surface area contributed by atoms with Crippen molar-refractivity contribution in [1.29, 1.82) is 5.26 Å². The number of carbonyl (C=O) groups is 3. The third kappa shape index (κ3) is 6.02. The molecule has 0 heterocycles. The van der Waals surface area contributed by atoms with Gasteiger partial charge < -0.3 is 15.4 Å².